The number of pyridine rings is 1. The number of piperidine rings is 1. The van der Waals surface area contributed by atoms with E-state index in [0.29, 0.717) is 24.5 Å². The molecule has 6 nitrogen and oxygen atoms in total. The molecule has 0 saturated carbocycles. The molecular weight excluding hydrogens is 414 g/mol. The molecule has 2 aromatic carbocycles. The fourth-order valence-corrected chi connectivity index (χ4v) is 4.26. The summed E-state index contributed by atoms with van der Waals surface area (Å²) >= 11 is 0. The lowest BCUT2D eigenvalue weighted by molar-refractivity contribution is -0.132. The summed E-state index contributed by atoms with van der Waals surface area (Å²) in [5.74, 6) is 1.40. The molecule has 1 amide bonds. The average Bonchev–Trinajstić information content (AvgIpc) is 2.84. The quantitative estimate of drug-likeness (QED) is 0.457. The van der Waals surface area contributed by atoms with Crippen molar-refractivity contribution in [3.8, 4) is 5.75 Å². The molecule has 0 unspecified atom stereocenters. The van der Waals surface area contributed by atoms with E-state index < -0.39 is 0 Å². The Morgan fingerprint density at radius 1 is 1.12 bits per heavy atom. The van der Waals surface area contributed by atoms with Crippen LogP contribution in [0.25, 0.3) is 10.9 Å². The minimum Gasteiger partial charge on any atom is -0.493 e. The number of hydrogen-bond donors (Lipinski definition) is 1. The smallest absolute Gasteiger partial charge is 0.222 e. The first kappa shape index (κ1) is 22.8. The first-order valence-corrected chi connectivity index (χ1v) is 11.7. The minimum atomic E-state index is -0.0430. The molecule has 0 atom stereocenters. The SMILES string of the molecule is CCCC(=O)N1CCC(COc2ccc3ncc(C(C)=O)c(Nc4ccccc4)c3c2)CC1. The van der Waals surface area contributed by atoms with Crippen molar-refractivity contribution < 1.29 is 14.3 Å². The van der Waals surface area contributed by atoms with E-state index >= 15 is 0 Å². The lowest BCUT2D eigenvalue weighted by atomic mass is 9.97. The van der Waals surface area contributed by atoms with E-state index in [0.717, 1.165) is 60.4 Å². The maximum atomic E-state index is 12.3. The molecule has 1 aromatic heterocycles. The maximum Gasteiger partial charge on any atom is 0.222 e. The molecule has 4 rings (SSSR count). The number of nitrogens with one attached hydrogen (secondary N) is 1. The monoisotopic (exact) mass is 445 g/mol. The Bertz CT molecular complexity index is 1120. The van der Waals surface area contributed by atoms with Gasteiger partial charge in [0.2, 0.25) is 5.91 Å². The fourth-order valence-electron chi connectivity index (χ4n) is 4.26. The second kappa shape index (κ2) is 10.5. The van der Waals surface area contributed by atoms with Crippen molar-refractivity contribution >= 4 is 34.0 Å². The molecule has 0 aliphatic carbocycles. The van der Waals surface area contributed by atoms with Gasteiger partial charge in [0, 0.05) is 36.8 Å². The van der Waals surface area contributed by atoms with E-state index in [4.69, 9.17) is 4.74 Å². The minimum absolute atomic E-state index is 0.0430. The summed E-state index contributed by atoms with van der Waals surface area (Å²) in [5, 5.41) is 4.25. The van der Waals surface area contributed by atoms with Crippen molar-refractivity contribution in [2.24, 2.45) is 5.92 Å². The molecule has 33 heavy (non-hydrogen) atoms. The number of aromatic nitrogens is 1. The summed E-state index contributed by atoms with van der Waals surface area (Å²) in [6.45, 7) is 5.82. The highest BCUT2D eigenvalue weighted by atomic mass is 16.5. The van der Waals surface area contributed by atoms with E-state index in [1.54, 1.807) is 13.1 Å². The first-order valence-electron chi connectivity index (χ1n) is 11.7. The number of rotatable bonds is 8. The molecule has 0 radical (unpaired) electrons. The number of ketones is 1. The lowest BCUT2D eigenvalue weighted by Gasteiger charge is -2.32. The van der Waals surface area contributed by atoms with Crippen LogP contribution in [-0.2, 0) is 4.79 Å². The average molecular weight is 446 g/mol. The van der Waals surface area contributed by atoms with Crippen LogP contribution in [0.2, 0.25) is 0 Å². The van der Waals surface area contributed by atoms with Crippen LogP contribution in [0.1, 0.15) is 49.9 Å². The molecule has 0 spiro atoms. The van der Waals surface area contributed by atoms with Crippen molar-refractivity contribution in [2.45, 2.75) is 39.5 Å². The number of amides is 1. The Morgan fingerprint density at radius 2 is 1.88 bits per heavy atom. The van der Waals surface area contributed by atoms with Gasteiger partial charge < -0.3 is 15.0 Å². The summed E-state index contributed by atoms with van der Waals surface area (Å²) < 4.78 is 6.16. The number of Topliss-reactive ketones (excluding diaryl/α,β-unsaturated/α-hetero) is 1. The molecule has 0 bridgehead atoms. The zero-order chi connectivity index (χ0) is 23.2. The molecule has 172 valence electrons. The molecule has 1 N–H and O–H groups in total. The number of benzene rings is 2. The molecule has 6 heteroatoms. The lowest BCUT2D eigenvalue weighted by Crippen LogP contribution is -2.39. The fraction of sp³-hybridized carbons (Fsp3) is 0.370. The maximum absolute atomic E-state index is 12.3. The number of likely N-dealkylation sites (tertiary alicyclic amines) is 1. The van der Waals surface area contributed by atoms with Crippen LogP contribution >= 0.6 is 0 Å². The zero-order valence-corrected chi connectivity index (χ0v) is 19.3. The Morgan fingerprint density at radius 3 is 2.58 bits per heavy atom. The predicted molar refractivity (Wildman–Crippen MR) is 131 cm³/mol. The van der Waals surface area contributed by atoms with Gasteiger partial charge in [-0.25, -0.2) is 0 Å². The van der Waals surface area contributed by atoms with Crippen LogP contribution < -0.4 is 10.1 Å². The van der Waals surface area contributed by atoms with Crippen molar-refractivity contribution in [1.29, 1.82) is 0 Å². The van der Waals surface area contributed by atoms with Gasteiger partial charge in [-0.2, -0.15) is 0 Å². The van der Waals surface area contributed by atoms with Gasteiger partial charge in [0.1, 0.15) is 5.75 Å². The van der Waals surface area contributed by atoms with Crippen LogP contribution in [0.3, 0.4) is 0 Å². The number of para-hydroxylation sites is 1. The van der Waals surface area contributed by atoms with Crippen LogP contribution in [0.5, 0.6) is 5.75 Å². The number of carbonyl (C=O) groups excluding carboxylic acids is 2. The second-order valence-electron chi connectivity index (χ2n) is 8.66. The highest BCUT2D eigenvalue weighted by molar-refractivity contribution is 6.08. The predicted octanol–water partition coefficient (Wildman–Crippen LogP) is 5.60. The first-order chi connectivity index (χ1) is 16.0. The highest BCUT2D eigenvalue weighted by Gasteiger charge is 2.23. The normalized spacial score (nSPS) is 14.3. The summed E-state index contributed by atoms with van der Waals surface area (Å²) in [5.41, 5.74) is 3.00. The topological polar surface area (TPSA) is 71.5 Å². The number of hydrogen-bond acceptors (Lipinski definition) is 5. The molecular formula is C27H31N3O3. The van der Waals surface area contributed by atoms with Crippen molar-refractivity contribution in [2.75, 3.05) is 25.0 Å². The third-order valence-electron chi connectivity index (χ3n) is 6.18. The Hall–Kier alpha value is -3.41. The van der Waals surface area contributed by atoms with Crippen LogP contribution in [0.4, 0.5) is 11.4 Å². The molecule has 1 saturated heterocycles. The van der Waals surface area contributed by atoms with Gasteiger partial charge in [-0.1, -0.05) is 25.1 Å². The molecule has 1 aliphatic heterocycles. The second-order valence-corrected chi connectivity index (χ2v) is 8.66. The van der Waals surface area contributed by atoms with Crippen LogP contribution in [0, 0.1) is 5.92 Å². The molecule has 1 aliphatic rings. The number of ether oxygens (including phenoxy) is 1. The Labute approximate surface area is 195 Å². The summed E-state index contributed by atoms with van der Waals surface area (Å²) in [7, 11) is 0. The van der Waals surface area contributed by atoms with Gasteiger partial charge in [0.15, 0.2) is 5.78 Å². The Balaban J connectivity index is 1.50. The summed E-state index contributed by atoms with van der Waals surface area (Å²) in [6, 6.07) is 15.6. The van der Waals surface area contributed by atoms with Gasteiger partial charge in [-0.15, -0.1) is 0 Å². The van der Waals surface area contributed by atoms with Crippen molar-refractivity contribution in [3.05, 3.63) is 60.3 Å². The van der Waals surface area contributed by atoms with Gasteiger partial charge in [0.25, 0.3) is 0 Å². The van der Waals surface area contributed by atoms with E-state index in [1.165, 1.54) is 0 Å². The van der Waals surface area contributed by atoms with E-state index in [1.807, 2.05) is 60.4 Å². The Kier molecular flexibility index (Phi) is 7.23. The van der Waals surface area contributed by atoms with Gasteiger partial charge >= 0.3 is 0 Å². The number of fused-ring (bicyclic) bond motifs is 1. The largest absolute Gasteiger partial charge is 0.493 e. The van der Waals surface area contributed by atoms with Crippen LogP contribution in [0.15, 0.2) is 54.7 Å². The van der Waals surface area contributed by atoms with Crippen LogP contribution in [-0.4, -0.2) is 41.3 Å². The van der Waals surface area contributed by atoms with Gasteiger partial charge in [-0.3, -0.25) is 14.6 Å². The molecule has 1 fully saturated rings. The number of carbonyl (C=O) groups is 2. The van der Waals surface area contributed by atoms with E-state index in [9.17, 15) is 9.59 Å². The van der Waals surface area contributed by atoms with E-state index in [-0.39, 0.29) is 11.7 Å². The third-order valence-corrected chi connectivity index (χ3v) is 6.18. The van der Waals surface area contributed by atoms with Gasteiger partial charge in [-0.05, 0) is 62.4 Å². The summed E-state index contributed by atoms with van der Waals surface area (Å²) in [6.07, 6.45) is 5.07. The molecule has 2 heterocycles. The zero-order valence-electron chi connectivity index (χ0n) is 19.3. The standard InChI is InChI=1S/C27H31N3O3/c1-3-7-26(32)30-14-12-20(13-15-30)18-33-22-10-11-25-23(16-22)27(24(17-28-25)19(2)31)29-21-8-5-4-6-9-21/h4-6,8-11,16-17,20H,3,7,12-15,18H2,1-2H3,(H,28,29). The van der Waals surface area contributed by atoms with Crippen molar-refractivity contribution in [3.63, 3.8) is 0 Å². The van der Waals surface area contributed by atoms with E-state index in [2.05, 4.69) is 10.3 Å². The number of anilines is 2. The number of nitrogens with zero attached hydrogens (tertiary/aromatic N) is 2. The molecule has 3 aromatic rings. The summed E-state index contributed by atoms with van der Waals surface area (Å²) in [4.78, 5) is 30.9. The highest BCUT2D eigenvalue weighted by Crippen LogP contribution is 2.32. The van der Waals surface area contributed by atoms with Gasteiger partial charge in [0.05, 0.1) is 23.4 Å². The van der Waals surface area contributed by atoms with Crippen molar-refractivity contribution in [1.82, 2.24) is 9.88 Å². The third kappa shape index (κ3) is 5.51.